The van der Waals surface area contributed by atoms with Gasteiger partial charge in [0.15, 0.2) is 0 Å². The summed E-state index contributed by atoms with van der Waals surface area (Å²) in [5.41, 5.74) is 6.98. The van der Waals surface area contributed by atoms with E-state index in [0.29, 0.717) is 0 Å². The van der Waals surface area contributed by atoms with Gasteiger partial charge in [-0.3, -0.25) is 0 Å². The molecule has 0 saturated carbocycles. The van der Waals surface area contributed by atoms with Gasteiger partial charge in [0, 0.05) is 6.54 Å². The maximum Gasteiger partial charge on any atom is 0.00508 e. The highest BCUT2D eigenvalue weighted by Crippen LogP contribution is 2.26. The van der Waals surface area contributed by atoms with Crippen molar-refractivity contribution in [3.05, 3.63) is 35.9 Å². The Morgan fingerprint density at radius 1 is 1.40 bits per heavy atom. The molecular formula is C13H19N2. The third kappa shape index (κ3) is 2.80. The first-order valence-corrected chi connectivity index (χ1v) is 5.78. The van der Waals surface area contributed by atoms with Crippen molar-refractivity contribution in [3.8, 4) is 0 Å². The Hall–Kier alpha value is -0.860. The van der Waals surface area contributed by atoms with Crippen LogP contribution in [0.5, 0.6) is 0 Å². The van der Waals surface area contributed by atoms with Gasteiger partial charge in [0.05, 0.1) is 0 Å². The molecule has 0 amide bonds. The number of nitrogens with two attached hydrogens (primary N) is 1. The van der Waals surface area contributed by atoms with Crippen LogP contribution in [0.4, 0.5) is 0 Å². The average Bonchev–Trinajstić information content (AvgIpc) is 2.76. The molecule has 15 heavy (non-hydrogen) atoms. The van der Waals surface area contributed by atoms with Crippen LogP contribution in [0.1, 0.15) is 24.3 Å². The lowest BCUT2D eigenvalue weighted by Crippen LogP contribution is -2.23. The van der Waals surface area contributed by atoms with Crippen LogP contribution in [-0.4, -0.2) is 31.1 Å². The lowest BCUT2D eigenvalue weighted by atomic mass is 9.99. The lowest BCUT2D eigenvalue weighted by Gasteiger charge is -2.15. The highest BCUT2D eigenvalue weighted by Gasteiger charge is 2.22. The van der Waals surface area contributed by atoms with E-state index in [0.717, 1.165) is 25.4 Å². The molecule has 1 fully saturated rings. The van der Waals surface area contributed by atoms with Crippen molar-refractivity contribution in [2.24, 2.45) is 5.73 Å². The number of benzene rings is 1. The van der Waals surface area contributed by atoms with Crippen LogP contribution in [0.2, 0.25) is 0 Å². The summed E-state index contributed by atoms with van der Waals surface area (Å²) in [6.45, 7) is 4.39. The minimum atomic E-state index is 0.720. The Morgan fingerprint density at radius 3 is 2.93 bits per heavy atom. The van der Waals surface area contributed by atoms with Gasteiger partial charge in [0.1, 0.15) is 0 Å². The van der Waals surface area contributed by atoms with Gasteiger partial charge in [0.2, 0.25) is 0 Å². The maximum absolute atomic E-state index is 5.52. The molecule has 0 bridgehead atoms. The standard InChI is InChI=1S/C13H19N2/c14-8-4-9-15-10-7-13(11-15)12-5-2-1-3-6-12/h2-3,5-6,13H,4,7-11,14H2. The second-order valence-corrected chi connectivity index (χ2v) is 4.26. The summed E-state index contributed by atoms with van der Waals surface area (Å²) in [5.74, 6) is 0.720. The van der Waals surface area contributed by atoms with Crippen molar-refractivity contribution in [3.63, 3.8) is 0 Å². The van der Waals surface area contributed by atoms with Gasteiger partial charge in [-0.05, 0) is 50.0 Å². The molecule has 1 heterocycles. The summed E-state index contributed by atoms with van der Waals surface area (Å²) in [6, 6.07) is 11.5. The molecule has 1 unspecified atom stereocenters. The normalized spacial score (nSPS) is 22.1. The van der Waals surface area contributed by atoms with Crippen molar-refractivity contribution in [1.82, 2.24) is 4.90 Å². The van der Waals surface area contributed by atoms with Crippen molar-refractivity contribution in [1.29, 1.82) is 0 Å². The van der Waals surface area contributed by atoms with Crippen LogP contribution in [-0.2, 0) is 0 Å². The van der Waals surface area contributed by atoms with Crippen molar-refractivity contribution in [2.75, 3.05) is 26.2 Å². The molecule has 2 nitrogen and oxygen atoms in total. The van der Waals surface area contributed by atoms with Crippen molar-refractivity contribution >= 4 is 0 Å². The predicted octanol–water partition coefficient (Wildman–Crippen LogP) is 1.62. The highest BCUT2D eigenvalue weighted by atomic mass is 15.1. The Bertz CT molecular complexity index is 284. The van der Waals surface area contributed by atoms with Crippen LogP contribution >= 0.6 is 0 Å². The van der Waals surface area contributed by atoms with E-state index < -0.39 is 0 Å². The smallest absolute Gasteiger partial charge is 0.00508 e. The predicted molar refractivity (Wildman–Crippen MR) is 62.7 cm³/mol. The summed E-state index contributed by atoms with van der Waals surface area (Å²) in [4.78, 5) is 2.52. The second kappa shape index (κ2) is 5.29. The molecule has 1 aliphatic heterocycles. The summed E-state index contributed by atoms with van der Waals surface area (Å²) >= 11 is 0. The van der Waals surface area contributed by atoms with Gasteiger partial charge < -0.3 is 10.6 Å². The second-order valence-electron chi connectivity index (χ2n) is 4.26. The molecule has 1 radical (unpaired) electrons. The molecule has 0 aliphatic carbocycles. The van der Waals surface area contributed by atoms with Crippen LogP contribution < -0.4 is 5.73 Å². The third-order valence-corrected chi connectivity index (χ3v) is 3.17. The monoisotopic (exact) mass is 203 g/mol. The number of nitrogens with zero attached hydrogens (tertiary/aromatic N) is 1. The quantitative estimate of drug-likeness (QED) is 0.806. The van der Waals surface area contributed by atoms with Crippen LogP contribution in [0.25, 0.3) is 0 Å². The molecule has 1 saturated heterocycles. The zero-order chi connectivity index (χ0) is 10.5. The molecule has 0 aromatic heterocycles. The zero-order valence-corrected chi connectivity index (χ0v) is 9.15. The van der Waals surface area contributed by atoms with Gasteiger partial charge in [-0.15, -0.1) is 0 Å². The Labute approximate surface area is 92.1 Å². The van der Waals surface area contributed by atoms with Gasteiger partial charge >= 0.3 is 0 Å². The van der Waals surface area contributed by atoms with E-state index in [1.807, 2.05) is 12.1 Å². The van der Waals surface area contributed by atoms with Crippen LogP contribution in [0.15, 0.2) is 24.3 Å². The molecule has 1 atom stereocenters. The fraction of sp³-hybridized carbons (Fsp3) is 0.538. The van der Waals surface area contributed by atoms with E-state index in [9.17, 15) is 0 Å². The number of hydrogen-bond acceptors (Lipinski definition) is 2. The van der Waals surface area contributed by atoms with E-state index >= 15 is 0 Å². The van der Waals surface area contributed by atoms with E-state index in [4.69, 9.17) is 5.73 Å². The van der Waals surface area contributed by atoms with E-state index in [1.54, 1.807) is 0 Å². The molecule has 2 N–H and O–H groups in total. The van der Waals surface area contributed by atoms with Gasteiger partial charge in [-0.25, -0.2) is 0 Å². The van der Waals surface area contributed by atoms with Crippen molar-refractivity contribution < 1.29 is 0 Å². The Balaban J connectivity index is 1.87. The highest BCUT2D eigenvalue weighted by molar-refractivity contribution is 5.20. The van der Waals surface area contributed by atoms with Gasteiger partial charge in [-0.1, -0.05) is 24.3 Å². The summed E-state index contributed by atoms with van der Waals surface area (Å²) in [5, 5.41) is 0. The molecule has 1 aromatic carbocycles. The molecule has 1 aliphatic rings. The molecular weight excluding hydrogens is 184 g/mol. The lowest BCUT2D eigenvalue weighted by molar-refractivity contribution is 0.331. The first-order chi connectivity index (χ1) is 7.40. The van der Waals surface area contributed by atoms with Crippen molar-refractivity contribution in [2.45, 2.75) is 18.8 Å². The summed E-state index contributed by atoms with van der Waals surface area (Å²) in [7, 11) is 0. The number of hydrogen-bond donors (Lipinski definition) is 1. The molecule has 81 valence electrons. The van der Waals surface area contributed by atoms with E-state index in [2.05, 4.69) is 23.1 Å². The van der Waals surface area contributed by atoms with Crippen LogP contribution in [0.3, 0.4) is 0 Å². The van der Waals surface area contributed by atoms with Gasteiger partial charge in [-0.2, -0.15) is 0 Å². The topological polar surface area (TPSA) is 29.3 Å². The first kappa shape index (κ1) is 10.7. The fourth-order valence-electron chi connectivity index (χ4n) is 2.29. The maximum atomic E-state index is 5.52. The molecule has 2 rings (SSSR count). The molecule has 0 spiro atoms. The molecule has 2 heteroatoms. The zero-order valence-electron chi connectivity index (χ0n) is 9.15. The SMILES string of the molecule is NCCCN1CCC(c2cc[c]cc2)C1. The Kier molecular flexibility index (Phi) is 3.75. The van der Waals surface area contributed by atoms with E-state index in [1.165, 1.54) is 25.1 Å². The average molecular weight is 203 g/mol. The van der Waals surface area contributed by atoms with E-state index in [-0.39, 0.29) is 0 Å². The molecule has 1 aromatic rings. The van der Waals surface area contributed by atoms with Crippen LogP contribution in [0, 0.1) is 6.07 Å². The summed E-state index contributed by atoms with van der Waals surface area (Å²) < 4.78 is 0. The number of rotatable bonds is 4. The van der Waals surface area contributed by atoms with Gasteiger partial charge in [0.25, 0.3) is 0 Å². The minimum Gasteiger partial charge on any atom is -0.330 e. The minimum absolute atomic E-state index is 0.720. The number of likely N-dealkylation sites (tertiary alicyclic amines) is 1. The third-order valence-electron chi connectivity index (χ3n) is 3.17. The fourth-order valence-corrected chi connectivity index (χ4v) is 2.29. The Morgan fingerprint density at radius 2 is 2.20 bits per heavy atom. The first-order valence-electron chi connectivity index (χ1n) is 5.78. The summed E-state index contributed by atoms with van der Waals surface area (Å²) in [6.07, 6.45) is 2.41. The largest absolute Gasteiger partial charge is 0.330 e.